The second kappa shape index (κ2) is 4.68. The zero-order valence-corrected chi connectivity index (χ0v) is 14.5. The summed E-state index contributed by atoms with van der Waals surface area (Å²) in [5, 5.41) is 40.6. The number of ether oxygens (including phenoxy) is 1. The molecule has 2 aromatic carbocycles. The van der Waals surface area contributed by atoms with Gasteiger partial charge in [0.25, 0.3) is 0 Å². The van der Waals surface area contributed by atoms with Crippen molar-refractivity contribution in [3.05, 3.63) is 39.5 Å². The second-order valence-corrected chi connectivity index (χ2v) is 7.57. The Morgan fingerprint density at radius 2 is 1.78 bits per heavy atom. The number of hydrogen-bond acceptors (Lipinski definition) is 7. The number of aromatic hydroxyl groups is 4. The van der Waals surface area contributed by atoms with E-state index in [0.29, 0.717) is 16.7 Å². The third-order valence-corrected chi connectivity index (χ3v) is 5.52. The summed E-state index contributed by atoms with van der Waals surface area (Å²) >= 11 is 0. The first-order chi connectivity index (χ1) is 12.7. The van der Waals surface area contributed by atoms with Gasteiger partial charge in [0.05, 0.1) is 5.56 Å². The van der Waals surface area contributed by atoms with Gasteiger partial charge in [-0.25, -0.2) is 0 Å². The third-order valence-electron chi connectivity index (χ3n) is 5.52. The van der Waals surface area contributed by atoms with Crippen LogP contribution in [-0.2, 0) is 6.42 Å². The lowest BCUT2D eigenvalue weighted by atomic mass is 9.75. The molecule has 138 valence electrons. The highest BCUT2D eigenvalue weighted by atomic mass is 16.5. The van der Waals surface area contributed by atoms with Crippen molar-refractivity contribution < 1.29 is 29.6 Å². The van der Waals surface area contributed by atoms with Crippen LogP contribution >= 0.6 is 0 Å². The van der Waals surface area contributed by atoms with Crippen molar-refractivity contribution in [1.82, 2.24) is 0 Å². The highest BCUT2D eigenvalue weighted by molar-refractivity contribution is 5.90. The molecule has 1 aliphatic heterocycles. The molecule has 27 heavy (non-hydrogen) atoms. The Kier molecular flexibility index (Phi) is 2.75. The van der Waals surface area contributed by atoms with Gasteiger partial charge in [-0.2, -0.15) is 0 Å². The van der Waals surface area contributed by atoms with Gasteiger partial charge in [0.1, 0.15) is 39.6 Å². The Morgan fingerprint density at radius 1 is 1.04 bits per heavy atom. The fraction of sp³-hybridized carbons (Fsp3) is 0.250. The highest BCUT2D eigenvalue weighted by Crippen LogP contribution is 2.59. The molecule has 5 rings (SSSR count). The van der Waals surface area contributed by atoms with Crippen molar-refractivity contribution in [3.8, 4) is 40.1 Å². The van der Waals surface area contributed by atoms with Gasteiger partial charge < -0.3 is 29.6 Å². The van der Waals surface area contributed by atoms with Crippen molar-refractivity contribution in [2.24, 2.45) is 0 Å². The van der Waals surface area contributed by atoms with Gasteiger partial charge in [-0.15, -0.1) is 0 Å². The molecule has 7 nitrogen and oxygen atoms in total. The van der Waals surface area contributed by atoms with Crippen LogP contribution in [0.4, 0.5) is 0 Å². The Labute approximate surface area is 152 Å². The quantitative estimate of drug-likeness (QED) is 0.481. The molecule has 0 radical (unpaired) electrons. The average Bonchev–Trinajstić information content (AvgIpc) is 2.83. The molecule has 0 bridgehead atoms. The topological polar surface area (TPSA) is 120 Å². The van der Waals surface area contributed by atoms with Crippen LogP contribution in [0, 0.1) is 0 Å². The zero-order chi connectivity index (χ0) is 19.2. The Morgan fingerprint density at radius 3 is 2.52 bits per heavy atom. The van der Waals surface area contributed by atoms with Crippen LogP contribution in [0.1, 0.15) is 30.9 Å². The number of phenolic OH excluding ortho intramolecular Hbond substituents is 4. The molecule has 0 amide bonds. The number of fused-ring (bicyclic) bond motifs is 3. The lowest BCUT2D eigenvalue weighted by Crippen LogP contribution is -2.34. The fourth-order valence-electron chi connectivity index (χ4n) is 4.28. The minimum Gasteiger partial charge on any atom is -0.508 e. The van der Waals surface area contributed by atoms with E-state index in [-0.39, 0.29) is 57.8 Å². The van der Waals surface area contributed by atoms with E-state index in [2.05, 4.69) is 0 Å². The van der Waals surface area contributed by atoms with Crippen molar-refractivity contribution in [3.63, 3.8) is 0 Å². The van der Waals surface area contributed by atoms with Gasteiger partial charge in [-0.3, -0.25) is 4.79 Å². The summed E-state index contributed by atoms with van der Waals surface area (Å²) in [5.41, 5.74) is 0.0726. The van der Waals surface area contributed by atoms with Gasteiger partial charge in [-0.05, 0) is 20.3 Å². The summed E-state index contributed by atoms with van der Waals surface area (Å²) in [5.74, 6) is -0.887. The average molecular weight is 368 g/mol. The van der Waals surface area contributed by atoms with Gasteiger partial charge in [-0.1, -0.05) is 0 Å². The smallest absolute Gasteiger partial charge is 0.200 e. The molecular weight excluding hydrogens is 352 g/mol. The zero-order valence-electron chi connectivity index (χ0n) is 14.5. The number of phenols is 4. The Bertz CT molecular complexity index is 1220. The highest BCUT2D eigenvalue weighted by Gasteiger charge is 2.49. The molecule has 0 unspecified atom stereocenters. The SMILES string of the molecule is CC1(C)Oc2c(O)cc(O)c3c2[C@@H]1Cc1c-3oc2cc(O)cc(O)c2c1=O. The number of hydrogen-bond donors (Lipinski definition) is 4. The van der Waals surface area contributed by atoms with Crippen LogP contribution in [-0.4, -0.2) is 26.0 Å². The van der Waals surface area contributed by atoms with E-state index >= 15 is 0 Å². The van der Waals surface area contributed by atoms with Crippen LogP contribution < -0.4 is 10.2 Å². The predicted molar refractivity (Wildman–Crippen MR) is 95.7 cm³/mol. The first kappa shape index (κ1) is 15.9. The van der Waals surface area contributed by atoms with E-state index in [1.807, 2.05) is 13.8 Å². The number of rotatable bonds is 0. The van der Waals surface area contributed by atoms with Crippen LogP contribution in [0.5, 0.6) is 28.7 Å². The van der Waals surface area contributed by atoms with Gasteiger partial charge in [0.2, 0.25) is 0 Å². The van der Waals surface area contributed by atoms with Crippen molar-refractivity contribution >= 4 is 11.0 Å². The lowest BCUT2D eigenvalue weighted by Gasteiger charge is -2.30. The van der Waals surface area contributed by atoms with Gasteiger partial charge >= 0.3 is 0 Å². The molecule has 3 aromatic rings. The van der Waals surface area contributed by atoms with Gasteiger partial charge in [0.15, 0.2) is 16.9 Å². The molecule has 1 aliphatic carbocycles. The van der Waals surface area contributed by atoms with Crippen LogP contribution in [0.2, 0.25) is 0 Å². The molecular formula is C20H16O7. The fourth-order valence-corrected chi connectivity index (χ4v) is 4.28. The minimum absolute atomic E-state index is 0.00843. The van der Waals surface area contributed by atoms with E-state index in [1.165, 1.54) is 6.07 Å². The summed E-state index contributed by atoms with van der Waals surface area (Å²) in [6.07, 6.45) is 0.268. The molecule has 1 atom stereocenters. The summed E-state index contributed by atoms with van der Waals surface area (Å²) in [7, 11) is 0. The summed E-state index contributed by atoms with van der Waals surface area (Å²) in [4.78, 5) is 13.1. The molecule has 0 saturated carbocycles. The van der Waals surface area contributed by atoms with E-state index in [0.717, 1.165) is 12.1 Å². The molecule has 7 heteroatoms. The van der Waals surface area contributed by atoms with Crippen molar-refractivity contribution in [1.29, 1.82) is 0 Å². The lowest BCUT2D eigenvalue weighted by molar-refractivity contribution is 0.106. The van der Waals surface area contributed by atoms with E-state index < -0.39 is 11.0 Å². The monoisotopic (exact) mass is 368 g/mol. The van der Waals surface area contributed by atoms with E-state index in [9.17, 15) is 25.2 Å². The molecule has 0 fully saturated rings. The second-order valence-electron chi connectivity index (χ2n) is 7.57. The first-order valence-electron chi connectivity index (χ1n) is 8.49. The molecule has 2 heterocycles. The predicted octanol–water partition coefficient (Wildman–Crippen LogP) is 3.09. The normalized spacial score (nSPS) is 18.8. The maximum absolute atomic E-state index is 13.1. The molecule has 1 aromatic heterocycles. The molecule has 0 spiro atoms. The Balaban J connectivity index is 1.95. The minimum atomic E-state index is -0.710. The summed E-state index contributed by atoms with van der Waals surface area (Å²) in [6, 6.07) is 3.48. The maximum Gasteiger partial charge on any atom is 0.200 e. The maximum atomic E-state index is 13.1. The third kappa shape index (κ3) is 1.88. The van der Waals surface area contributed by atoms with E-state index in [4.69, 9.17) is 9.15 Å². The molecule has 4 N–H and O–H groups in total. The van der Waals surface area contributed by atoms with E-state index in [1.54, 1.807) is 0 Å². The summed E-state index contributed by atoms with van der Waals surface area (Å²) in [6.45, 7) is 3.70. The number of benzene rings is 2. The standard InChI is InChI=1S/C20H16O7/c1-20(2)9-5-8-17(25)15-10(22)3-7(21)4-13(15)26-18(8)16-11(23)6-12(24)19(27-20)14(9)16/h3-4,6,9,21-24H,5H2,1-2H3/t9-/m0/s1. The summed E-state index contributed by atoms with van der Waals surface area (Å²) < 4.78 is 11.8. The first-order valence-corrected chi connectivity index (χ1v) is 8.49. The van der Waals surface area contributed by atoms with Crippen LogP contribution in [0.25, 0.3) is 22.3 Å². The van der Waals surface area contributed by atoms with Crippen LogP contribution in [0.3, 0.4) is 0 Å². The largest absolute Gasteiger partial charge is 0.508 e. The molecule has 0 saturated heterocycles. The van der Waals surface area contributed by atoms with Crippen molar-refractivity contribution in [2.45, 2.75) is 31.8 Å². The van der Waals surface area contributed by atoms with Crippen LogP contribution in [0.15, 0.2) is 27.4 Å². The molecule has 2 aliphatic rings. The van der Waals surface area contributed by atoms with Gasteiger partial charge in [0, 0.05) is 35.2 Å². The Hall–Kier alpha value is -3.35. The van der Waals surface area contributed by atoms with Crippen molar-refractivity contribution in [2.75, 3.05) is 0 Å².